The van der Waals surface area contributed by atoms with Crippen LogP contribution < -0.4 is 0 Å². The lowest BCUT2D eigenvalue weighted by Gasteiger charge is -2.23. The smallest absolute Gasteiger partial charge is 0.0823 e. The molecule has 37 heavy (non-hydrogen) atoms. The largest absolute Gasteiger partial charge is 0.308 e. The quantitative estimate of drug-likeness (QED) is 0.168. The predicted molar refractivity (Wildman–Crippen MR) is 161 cm³/mol. The van der Waals surface area contributed by atoms with Gasteiger partial charge in [0.2, 0.25) is 0 Å². The number of aromatic nitrogens is 2. The molecule has 0 N–H and O–H groups in total. The fourth-order valence-corrected chi connectivity index (χ4v) is 6.61. The molecular weight excluding hydrogens is 448 g/mol. The molecule has 7 aromatic rings. The zero-order valence-corrected chi connectivity index (χ0v) is 23.0. The Morgan fingerprint density at radius 2 is 1.51 bits per heavy atom. The summed E-state index contributed by atoms with van der Waals surface area (Å²) >= 11 is 0. The van der Waals surface area contributed by atoms with Crippen LogP contribution in [0.2, 0.25) is 0 Å². The Morgan fingerprint density at radius 1 is 0.730 bits per heavy atom. The molecule has 3 aromatic heterocycles. The van der Waals surface area contributed by atoms with E-state index < -0.39 is 0 Å². The lowest BCUT2D eigenvalue weighted by Crippen LogP contribution is -2.12. The summed E-state index contributed by atoms with van der Waals surface area (Å²) in [6.07, 6.45) is 2.98. The number of fused-ring (bicyclic) bond motifs is 7. The van der Waals surface area contributed by atoms with E-state index in [1.165, 1.54) is 70.9 Å². The summed E-state index contributed by atoms with van der Waals surface area (Å²) in [5, 5.41) is 9.15. The SMILES string of the molecule is Cc1ccc2c(CC(C)(C)C)c3c(cc2c1)c1nccc2ccc4c5c(C(C)(C)C)cccc5n3c4c21. The normalized spacial score (nSPS) is 13.4. The van der Waals surface area contributed by atoms with Gasteiger partial charge in [0.05, 0.1) is 22.1 Å². The fraction of sp³-hybridized carbons (Fsp3) is 0.286. The van der Waals surface area contributed by atoms with Crippen LogP contribution in [0, 0.1) is 12.3 Å². The minimum atomic E-state index is 0.0391. The molecule has 0 spiro atoms. The zero-order chi connectivity index (χ0) is 25.9. The Balaban J connectivity index is 1.87. The molecule has 0 amide bonds. The Labute approximate surface area is 218 Å². The van der Waals surface area contributed by atoms with E-state index in [0.717, 1.165) is 11.9 Å². The monoisotopic (exact) mass is 482 g/mol. The molecule has 0 saturated carbocycles. The summed E-state index contributed by atoms with van der Waals surface area (Å²) in [4.78, 5) is 5.06. The maximum absolute atomic E-state index is 5.06. The first-order valence-electron chi connectivity index (χ1n) is 13.5. The van der Waals surface area contributed by atoms with Gasteiger partial charge in [-0.25, -0.2) is 0 Å². The van der Waals surface area contributed by atoms with Crippen LogP contribution in [-0.2, 0) is 11.8 Å². The number of pyridine rings is 2. The summed E-state index contributed by atoms with van der Waals surface area (Å²) in [5.41, 5.74) is 9.33. The number of hydrogen-bond acceptors (Lipinski definition) is 1. The van der Waals surface area contributed by atoms with Crippen LogP contribution in [0.3, 0.4) is 0 Å². The second-order valence-corrected chi connectivity index (χ2v) is 13.2. The van der Waals surface area contributed by atoms with Crippen molar-refractivity contribution < 1.29 is 0 Å². The third-order valence-corrected chi connectivity index (χ3v) is 8.05. The fourth-order valence-electron chi connectivity index (χ4n) is 6.61. The number of rotatable bonds is 1. The summed E-state index contributed by atoms with van der Waals surface area (Å²) in [7, 11) is 0. The molecule has 0 bridgehead atoms. The molecule has 4 aromatic carbocycles. The van der Waals surface area contributed by atoms with Crippen LogP contribution in [0.1, 0.15) is 58.2 Å². The topological polar surface area (TPSA) is 17.3 Å². The molecule has 0 aliphatic carbocycles. The van der Waals surface area contributed by atoms with Gasteiger partial charge in [-0.2, -0.15) is 0 Å². The average molecular weight is 483 g/mol. The van der Waals surface area contributed by atoms with E-state index >= 15 is 0 Å². The number of hydrogen-bond donors (Lipinski definition) is 0. The van der Waals surface area contributed by atoms with Crippen LogP contribution in [0.15, 0.2) is 66.9 Å². The van der Waals surface area contributed by atoms with Crippen molar-refractivity contribution in [3.63, 3.8) is 0 Å². The molecule has 7 rings (SSSR count). The Hall–Kier alpha value is -3.65. The molecule has 0 unspecified atom stereocenters. The van der Waals surface area contributed by atoms with Crippen molar-refractivity contribution in [1.82, 2.24) is 9.38 Å². The minimum Gasteiger partial charge on any atom is -0.308 e. The van der Waals surface area contributed by atoms with Crippen molar-refractivity contribution in [1.29, 1.82) is 0 Å². The van der Waals surface area contributed by atoms with E-state index in [0.29, 0.717) is 0 Å². The molecule has 0 aliphatic heterocycles. The lowest BCUT2D eigenvalue weighted by molar-refractivity contribution is 0.413. The van der Waals surface area contributed by atoms with Crippen LogP contribution in [0.25, 0.3) is 59.8 Å². The van der Waals surface area contributed by atoms with Gasteiger partial charge in [0.1, 0.15) is 0 Å². The molecule has 0 radical (unpaired) electrons. The Morgan fingerprint density at radius 3 is 2.27 bits per heavy atom. The maximum Gasteiger partial charge on any atom is 0.0823 e. The van der Waals surface area contributed by atoms with E-state index in [1.807, 2.05) is 6.20 Å². The summed E-state index contributed by atoms with van der Waals surface area (Å²) < 4.78 is 2.59. The first kappa shape index (κ1) is 22.5. The van der Waals surface area contributed by atoms with E-state index in [1.54, 1.807) is 0 Å². The minimum absolute atomic E-state index is 0.0391. The first-order chi connectivity index (χ1) is 17.5. The number of aryl methyl sites for hydroxylation is 1. The van der Waals surface area contributed by atoms with Gasteiger partial charge in [0.15, 0.2) is 0 Å². The molecule has 0 saturated heterocycles. The van der Waals surface area contributed by atoms with Crippen molar-refractivity contribution in [2.45, 2.75) is 60.3 Å². The van der Waals surface area contributed by atoms with Gasteiger partial charge in [0, 0.05) is 27.7 Å². The van der Waals surface area contributed by atoms with E-state index in [2.05, 4.69) is 114 Å². The third-order valence-electron chi connectivity index (χ3n) is 8.05. The highest BCUT2D eigenvalue weighted by Gasteiger charge is 2.26. The molecular formula is C35H34N2. The van der Waals surface area contributed by atoms with Gasteiger partial charge in [-0.15, -0.1) is 0 Å². The third kappa shape index (κ3) is 3.14. The predicted octanol–water partition coefficient (Wildman–Crippen LogP) is 9.73. The van der Waals surface area contributed by atoms with Crippen LogP contribution in [-0.4, -0.2) is 9.38 Å². The van der Waals surface area contributed by atoms with Crippen molar-refractivity contribution in [3.8, 4) is 0 Å². The highest BCUT2D eigenvalue weighted by molar-refractivity contribution is 6.29. The van der Waals surface area contributed by atoms with E-state index in [-0.39, 0.29) is 10.8 Å². The molecule has 3 heterocycles. The molecule has 2 nitrogen and oxygen atoms in total. The van der Waals surface area contributed by atoms with Gasteiger partial charge < -0.3 is 4.40 Å². The highest BCUT2D eigenvalue weighted by Crippen LogP contribution is 2.46. The van der Waals surface area contributed by atoms with Crippen molar-refractivity contribution in [3.05, 3.63) is 83.6 Å². The first-order valence-corrected chi connectivity index (χ1v) is 13.5. The maximum atomic E-state index is 5.06. The van der Waals surface area contributed by atoms with Crippen molar-refractivity contribution in [2.24, 2.45) is 5.41 Å². The molecule has 0 fully saturated rings. The average Bonchev–Trinajstić information content (AvgIpc) is 3.16. The van der Waals surface area contributed by atoms with Gasteiger partial charge in [-0.1, -0.05) is 89.6 Å². The van der Waals surface area contributed by atoms with Crippen LogP contribution >= 0.6 is 0 Å². The van der Waals surface area contributed by atoms with Gasteiger partial charge >= 0.3 is 0 Å². The summed E-state index contributed by atoms with van der Waals surface area (Å²) in [6.45, 7) is 16.2. The van der Waals surface area contributed by atoms with Crippen molar-refractivity contribution in [2.75, 3.05) is 0 Å². The van der Waals surface area contributed by atoms with E-state index in [4.69, 9.17) is 4.98 Å². The molecule has 2 heteroatoms. The molecule has 184 valence electrons. The molecule has 0 aliphatic rings. The lowest BCUT2D eigenvalue weighted by atomic mass is 9.84. The summed E-state index contributed by atoms with van der Waals surface area (Å²) in [6, 6.07) is 23.0. The number of benzene rings is 4. The second kappa shape index (κ2) is 7.22. The van der Waals surface area contributed by atoms with Gasteiger partial charge in [-0.3, -0.25) is 4.98 Å². The van der Waals surface area contributed by atoms with Crippen molar-refractivity contribution >= 4 is 59.8 Å². The van der Waals surface area contributed by atoms with Gasteiger partial charge in [-0.05, 0) is 69.7 Å². The second-order valence-electron chi connectivity index (χ2n) is 13.2. The van der Waals surface area contributed by atoms with Crippen LogP contribution in [0.5, 0.6) is 0 Å². The van der Waals surface area contributed by atoms with Gasteiger partial charge in [0.25, 0.3) is 0 Å². The highest BCUT2D eigenvalue weighted by atomic mass is 14.9. The molecule has 0 atom stereocenters. The van der Waals surface area contributed by atoms with Crippen LogP contribution in [0.4, 0.5) is 0 Å². The van der Waals surface area contributed by atoms with E-state index in [9.17, 15) is 0 Å². The Kier molecular flexibility index (Phi) is 4.40. The Bertz CT molecular complexity index is 2020. The summed E-state index contributed by atoms with van der Waals surface area (Å²) in [5.74, 6) is 0. The zero-order valence-electron chi connectivity index (χ0n) is 23.0. The number of nitrogens with zero attached hydrogens (tertiary/aromatic N) is 2. The standard InChI is InChI=1S/C35H34N2/c1-20-11-13-23-22(17-20)18-25-31-29-21(15-16-36-31)12-14-24-30-27(35(5,6)7)9-8-10-28(30)37(33(24)29)32(25)26(23)19-34(2,3)4/h8-18H,19H2,1-7H3.